The number of carbonyl (C=O) groups excluding carboxylic acids is 1. The Morgan fingerprint density at radius 3 is 2.51 bits per heavy atom. The van der Waals surface area contributed by atoms with Crippen LogP contribution in [0.4, 0.5) is 0 Å². The van der Waals surface area contributed by atoms with Gasteiger partial charge in [-0.05, 0) is 73.9 Å². The highest BCUT2D eigenvalue weighted by molar-refractivity contribution is 6.05. The van der Waals surface area contributed by atoms with E-state index in [1.54, 1.807) is 12.0 Å². The fourth-order valence-electron chi connectivity index (χ4n) is 6.32. The normalized spacial score (nSPS) is 16.5. The third-order valence-corrected chi connectivity index (χ3v) is 9.03. The first-order valence-corrected chi connectivity index (χ1v) is 15.2. The lowest BCUT2D eigenvalue weighted by molar-refractivity contribution is 0.0745. The van der Waals surface area contributed by atoms with Gasteiger partial charge in [0.15, 0.2) is 0 Å². The second kappa shape index (κ2) is 12.2. The molecular weight excluding hydrogens is 510 g/mol. The highest BCUT2D eigenvalue weighted by Gasteiger charge is 2.28. The van der Waals surface area contributed by atoms with E-state index in [0.29, 0.717) is 31.2 Å². The molecular formula is C34H43N5O2. The average molecular weight is 554 g/mol. The van der Waals surface area contributed by atoms with Gasteiger partial charge in [0.2, 0.25) is 0 Å². The number of ether oxygens (including phenoxy) is 1. The lowest BCUT2D eigenvalue weighted by atomic mass is 9.96. The summed E-state index contributed by atoms with van der Waals surface area (Å²) in [6.07, 6.45) is 11.5. The molecule has 1 saturated carbocycles. The Labute approximate surface area is 243 Å². The fourth-order valence-corrected chi connectivity index (χ4v) is 6.32. The molecule has 41 heavy (non-hydrogen) atoms. The Morgan fingerprint density at radius 2 is 1.73 bits per heavy atom. The van der Waals surface area contributed by atoms with Gasteiger partial charge in [-0.25, -0.2) is 4.98 Å². The Hall–Kier alpha value is -3.42. The van der Waals surface area contributed by atoms with Crippen molar-refractivity contribution in [1.82, 2.24) is 23.9 Å². The van der Waals surface area contributed by atoms with E-state index >= 15 is 0 Å². The van der Waals surface area contributed by atoms with Crippen LogP contribution in [-0.2, 0) is 17.8 Å². The van der Waals surface area contributed by atoms with Crippen LogP contribution in [0.1, 0.15) is 47.4 Å². The molecule has 1 aliphatic heterocycles. The van der Waals surface area contributed by atoms with Crippen LogP contribution in [-0.4, -0.2) is 76.8 Å². The van der Waals surface area contributed by atoms with E-state index in [1.807, 2.05) is 19.6 Å². The molecule has 7 heteroatoms. The van der Waals surface area contributed by atoms with Crippen LogP contribution in [0.15, 0.2) is 61.2 Å². The Bertz CT molecular complexity index is 1490. The van der Waals surface area contributed by atoms with E-state index in [2.05, 4.69) is 69.6 Å². The van der Waals surface area contributed by atoms with Gasteiger partial charge in [0.25, 0.3) is 5.91 Å². The zero-order chi connectivity index (χ0) is 28.3. The lowest BCUT2D eigenvalue weighted by Crippen LogP contribution is -2.36. The second-order valence-corrected chi connectivity index (χ2v) is 12.1. The van der Waals surface area contributed by atoms with Crippen molar-refractivity contribution in [3.8, 4) is 11.1 Å². The molecule has 4 aromatic rings. The predicted octanol–water partition coefficient (Wildman–Crippen LogP) is 5.70. The number of hydrogen-bond donors (Lipinski definition) is 0. The topological polar surface area (TPSA) is 55.5 Å². The number of fused-ring (bicyclic) bond motifs is 1. The highest BCUT2D eigenvalue weighted by Crippen LogP contribution is 2.34. The smallest absolute Gasteiger partial charge is 0.255 e. The third-order valence-electron chi connectivity index (χ3n) is 9.03. The molecule has 0 N–H and O–H groups in total. The van der Waals surface area contributed by atoms with Crippen molar-refractivity contribution in [2.24, 2.45) is 11.8 Å². The Morgan fingerprint density at radius 1 is 0.976 bits per heavy atom. The maximum atomic E-state index is 13.7. The van der Waals surface area contributed by atoms with Gasteiger partial charge in [-0.3, -0.25) is 4.79 Å². The van der Waals surface area contributed by atoms with Crippen molar-refractivity contribution in [1.29, 1.82) is 0 Å². The summed E-state index contributed by atoms with van der Waals surface area (Å²) in [5, 5.41) is 2.32. The van der Waals surface area contributed by atoms with E-state index in [9.17, 15) is 4.79 Å². The molecule has 2 aromatic heterocycles. The first kappa shape index (κ1) is 27.7. The van der Waals surface area contributed by atoms with E-state index in [4.69, 9.17) is 9.72 Å². The maximum absolute atomic E-state index is 13.7. The summed E-state index contributed by atoms with van der Waals surface area (Å²) in [4.78, 5) is 22.9. The zero-order valence-corrected chi connectivity index (χ0v) is 24.8. The number of aromatic nitrogens is 3. The maximum Gasteiger partial charge on any atom is 0.255 e. The van der Waals surface area contributed by atoms with Gasteiger partial charge in [0.1, 0.15) is 0 Å². The molecule has 0 atom stereocenters. The number of rotatable bonds is 11. The Balaban J connectivity index is 1.27. The van der Waals surface area contributed by atoms with Crippen molar-refractivity contribution < 1.29 is 9.53 Å². The number of nitrogens with zero attached hydrogens (tertiary/aromatic N) is 5. The van der Waals surface area contributed by atoms with E-state index in [0.717, 1.165) is 34.7 Å². The summed E-state index contributed by atoms with van der Waals surface area (Å²) < 4.78 is 9.78. The molecule has 1 amide bonds. The van der Waals surface area contributed by atoms with Crippen LogP contribution in [0.25, 0.3) is 21.9 Å². The van der Waals surface area contributed by atoms with Gasteiger partial charge in [-0.2, -0.15) is 0 Å². The molecule has 1 saturated heterocycles. The minimum atomic E-state index is 0.00641. The number of amides is 1. The number of benzene rings is 2. The van der Waals surface area contributed by atoms with E-state index in [-0.39, 0.29) is 5.91 Å². The van der Waals surface area contributed by atoms with Crippen LogP contribution in [0.5, 0.6) is 0 Å². The van der Waals surface area contributed by atoms with Crippen molar-refractivity contribution in [3.63, 3.8) is 0 Å². The number of methoxy groups -OCH3 is 1. The van der Waals surface area contributed by atoms with Gasteiger partial charge < -0.3 is 23.7 Å². The van der Waals surface area contributed by atoms with E-state index < -0.39 is 0 Å². The molecule has 2 fully saturated rings. The molecule has 0 spiro atoms. The number of likely N-dealkylation sites (tertiary alicyclic amines) is 1. The van der Waals surface area contributed by atoms with Crippen molar-refractivity contribution in [2.75, 3.05) is 46.9 Å². The Kier molecular flexibility index (Phi) is 8.26. The average Bonchev–Trinajstić information content (AvgIpc) is 3.62. The minimum absolute atomic E-state index is 0.00641. The van der Waals surface area contributed by atoms with Gasteiger partial charge in [0, 0.05) is 51.7 Å². The lowest BCUT2D eigenvalue weighted by Gasteiger charge is -2.32. The molecule has 0 unspecified atom stereocenters. The van der Waals surface area contributed by atoms with Crippen LogP contribution in [0, 0.1) is 18.8 Å². The molecule has 0 radical (unpaired) electrons. The number of likely N-dealkylation sites (N-methyl/N-ethyl adjacent to an activating group) is 1. The van der Waals surface area contributed by atoms with Gasteiger partial charge in [0.05, 0.1) is 36.4 Å². The predicted molar refractivity (Wildman–Crippen MR) is 164 cm³/mol. The molecule has 6 rings (SSSR count). The van der Waals surface area contributed by atoms with Crippen molar-refractivity contribution in [3.05, 3.63) is 78.1 Å². The van der Waals surface area contributed by atoms with Crippen molar-refractivity contribution >= 4 is 16.7 Å². The highest BCUT2D eigenvalue weighted by atomic mass is 16.5. The van der Waals surface area contributed by atoms with Gasteiger partial charge >= 0.3 is 0 Å². The zero-order valence-electron chi connectivity index (χ0n) is 24.8. The number of hydrogen-bond acceptors (Lipinski definition) is 4. The van der Waals surface area contributed by atoms with Gasteiger partial charge in [-0.1, -0.05) is 42.5 Å². The molecule has 3 heterocycles. The first-order chi connectivity index (χ1) is 20.0. The van der Waals surface area contributed by atoms with Crippen LogP contribution < -0.4 is 0 Å². The number of carbonyl (C=O) groups is 1. The SMILES string of the molecule is COCCN(C)C(=O)c1cn(Cc2c(C)ncn2CC2CCN(CC3CC3)CC2)cc1-c1cccc2ccccc12. The molecule has 216 valence electrons. The third kappa shape index (κ3) is 6.26. The minimum Gasteiger partial charge on any atom is -0.383 e. The summed E-state index contributed by atoms with van der Waals surface area (Å²) in [7, 11) is 3.51. The molecule has 2 aliphatic rings. The van der Waals surface area contributed by atoms with Crippen LogP contribution in [0.2, 0.25) is 0 Å². The number of imidazole rings is 1. The summed E-state index contributed by atoms with van der Waals surface area (Å²) in [6, 6.07) is 14.7. The molecule has 1 aliphatic carbocycles. The van der Waals surface area contributed by atoms with Crippen LogP contribution in [0.3, 0.4) is 0 Å². The first-order valence-electron chi connectivity index (χ1n) is 15.2. The molecule has 7 nitrogen and oxygen atoms in total. The largest absolute Gasteiger partial charge is 0.383 e. The van der Waals surface area contributed by atoms with Crippen molar-refractivity contribution in [2.45, 2.75) is 45.7 Å². The van der Waals surface area contributed by atoms with Crippen LogP contribution >= 0.6 is 0 Å². The second-order valence-electron chi connectivity index (χ2n) is 12.1. The summed E-state index contributed by atoms with van der Waals surface area (Å²) in [6.45, 7) is 8.58. The molecule has 2 aromatic carbocycles. The summed E-state index contributed by atoms with van der Waals surface area (Å²) in [5.74, 6) is 1.65. The monoisotopic (exact) mass is 553 g/mol. The fraction of sp³-hybridized carbons (Fsp3) is 0.471. The quantitative estimate of drug-likeness (QED) is 0.239. The summed E-state index contributed by atoms with van der Waals surface area (Å²) in [5.41, 5.74) is 5.03. The standard InChI is InChI=1S/C34H43N5O2/c1-25-33(39(24-35-25)20-27-13-15-37(16-14-27)19-26-11-12-26)23-38-21-31(32(22-38)34(40)36(2)17-18-41-3)30-10-6-8-28-7-4-5-9-29(28)30/h4-10,21-22,24,26-27H,11-20,23H2,1-3H3. The molecule has 0 bridgehead atoms. The summed E-state index contributed by atoms with van der Waals surface area (Å²) >= 11 is 0. The number of piperidine rings is 1. The van der Waals surface area contributed by atoms with E-state index in [1.165, 1.54) is 56.4 Å². The van der Waals surface area contributed by atoms with Gasteiger partial charge in [-0.15, -0.1) is 0 Å². The number of aryl methyl sites for hydroxylation is 1.